The Kier molecular flexibility index (Phi) is 5.51. The molecule has 0 aromatic heterocycles. The quantitative estimate of drug-likeness (QED) is 0.832. The molecule has 0 heterocycles. The standard InChI is InChI=1S/C20H32N2O/c1-13(2)18(21-14(3)19(23)22-17-11-12-17)15-7-9-16(10-8-15)20(4,5)6/h7-10,13-14,17-18,21H,11-12H2,1-6H3,(H,22,23)/p+1/t14-,18-/m1/s1. The Morgan fingerprint density at radius 3 is 2.13 bits per heavy atom. The molecular weight excluding hydrogens is 284 g/mol. The molecule has 0 aliphatic heterocycles. The van der Waals surface area contributed by atoms with Crippen molar-refractivity contribution in [1.82, 2.24) is 5.32 Å². The SMILES string of the molecule is CC(C)[C@@H]([NH2+][C@H](C)C(=O)NC1CC1)c1ccc(C(C)(C)C)cc1. The van der Waals surface area contributed by atoms with Crippen molar-refractivity contribution in [2.45, 2.75) is 77.9 Å². The molecule has 0 spiro atoms. The zero-order valence-corrected chi connectivity index (χ0v) is 15.5. The van der Waals surface area contributed by atoms with Crippen LogP contribution in [-0.2, 0) is 10.2 Å². The van der Waals surface area contributed by atoms with E-state index in [2.05, 4.69) is 69.5 Å². The Morgan fingerprint density at radius 2 is 1.70 bits per heavy atom. The van der Waals surface area contributed by atoms with Gasteiger partial charge in [0.25, 0.3) is 5.91 Å². The van der Waals surface area contributed by atoms with Crippen LogP contribution in [0.3, 0.4) is 0 Å². The Labute approximate surface area is 141 Å². The highest BCUT2D eigenvalue weighted by Gasteiger charge is 2.30. The third-order valence-electron chi connectivity index (χ3n) is 4.71. The second-order valence-corrected chi connectivity index (χ2v) is 8.41. The Hall–Kier alpha value is -1.35. The van der Waals surface area contributed by atoms with E-state index < -0.39 is 0 Å². The molecule has 128 valence electrons. The van der Waals surface area contributed by atoms with Crippen LogP contribution in [-0.4, -0.2) is 18.0 Å². The molecular formula is C20H33N2O+. The summed E-state index contributed by atoms with van der Waals surface area (Å²) in [4.78, 5) is 12.2. The van der Waals surface area contributed by atoms with Gasteiger partial charge in [-0.25, -0.2) is 0 Å². The van der Waals surface area contributed by atoms with Crippen molar-refractivity contribution in [3.05, 3.63) is 35.4 Å². The first kappa shape index (κ1) is 18.0. The molecule has 1 amide bonds. The molecule has 1 fully saturated rings. The van der Waals surface area contributed by atoms with Crippen LogP contribution in [0, 0.1) is 5.92 Å². The first-order valence-corrected chi connectivity index (χ1v) is 8.94. The van der Waals surface area contributed by atoms with Crippen LogP contribution >= 0.6 is 0 Å². The first-order valence-electron chi connectivity index (χ1n) is 8.94. The normalized spacial score (nSPS) is 17.9. The molecule has 1 aliphatic rings. The maximum atomic E-state index is 12.2. The van der Waals surface area contributed by atoms with Crippen LogP contribution in [0.25, 0.3) is 0 Å². The lowest BCUT2D eigenvalue weighted by Gasteiger charge is -2.25. The maximum absolute atomic E-state index is 12.2. The van der Waals surface area contributed by atoms with E-state index in [4.69, 9.17) is 0 Å². The van der Waals surface area contributed by atoms with E-state index in [-0.39, 0.29) is 17.4 Å². The summed E-state index contributed by atoms with van der Waals surface area (Å²) >= 11 is 0. The number of carbonyl (C=O) groups excluding carboxylic acids is 1. The van der Waals surface area contributed by atoms with Gasteiger partial charge in [0, 0.05) is 17.5 Å². The molecule has 0 saturated heterocycles. The molecule has 1 saturated carbocycles. The summed E-state index contributed by atoms with van der Waals surface area (Å²) in [5, 5.41) is 5.32. The van der Waals surface area contributed by atoms with Gasteiger partial charge in [0.05, 0.1) is 0 Å². The van der Waals surface area contributed by atoms with Gasteiger partial charge in [-0.3, -0.25) is 4.79 Å². The topological polar surface area (TPSA) is 45.7 Å². The summed E-state index contributed by atoms with van der Waals surface area (Å²) in [6, 6.07) is 9.61. The predicted octanol–water partition coefficient (Wildman–Crippen LogP) is 2.91. The predicted molar refractivity (Wildman–Crippen MR) is 95.3 cm³/mol. The number of nitrogens with one attached hydrogen (secondary N) is 1. The van der Waals surface area contributed by atoms with Crippen LogP contribution in [0.2, 0.25) is 0 Å². The van der Waals surface area contributed by atoms with Gasteiger partial charge in [-0.2, -0.15) is 0 Å². The van der Waals surface area contributed by atoms with Crippen LogP contribution in [0.4, 0.5) is 0 Å². The Balaban J connectivity index is 2.06. The van der Waals surface area contributed by atoms with Crippen molar-refractivity contribution >= 4 is 5.91 Å². The van der Waals surface area contributed by atoms with Crippen molar-refractivity contribution < 1.29 is 10.1 Å². The third kappa shape index (κ3) is 5.07. The minimum atomic E-state index is -0.0507. The highest BCUT2D eigenvalue weighted by atomic mass is 16.2. The van der Waals surface area contributed by atoms with Crippen molar-refractivity contribution in [2.24, 2.45) is 5.92 Å². The minimum Gasteiger partial charge on any atom is -0.348 e. The number of nitrogens with two attached hydrogens (primary N) is 1. The Bertz CT molecular complexity index is 524. The third-order valence-corrected chi connectivity index (χ3v) is 4.71. The summed E-state index contributed by atoms with van der Waals surface area (Å²) in [5.74, 6) is 0.649. The number of carbonyl (C=O) groups is 1. The number of rotatable bonds is 6. The van der Waals surface area contributed by atoms with E-state index in [1.807, 2.05) is 6.92 Å². The molecule has 0 radical (unpaired) electrons. The molecule has 0 unspecified atom stereocenters. The average Bonchev–Trinajstić information content (AvgIpc) is 3.27. The molecule has 0 bridgehead atoms. The molecule has 3 heteroatoms. The highest BCUT2D eigenvalue weighted by molar-refractivity contribution is 5.80. The molecule has 2 atom stereocenters. The minimum absolute atomic E-state index is 0.0507. The molecule has 3 N–H and O–H groups in total. The van der Waals surface area contributed by atoms with E-state index in [0.29, 0.717) is 18.0 Å². The zero-order valence-electron chi connectivity index (χ0n) is 15.5. The fourth-order valence-electron chi connectivity index (χ4n) is 2.88. The number of hydrogen-bond acceptors (Lipinski definition) is 1. The summed E-state index contributed by atoms with van der Waals surface area (Å²) in [6.07, 6.45) is 2.28. The van der Waals surface area contributed by atoms with Gasteiger partial charge in [-0.05, 0) is 30.7 Å². The van der Waals surface area contributed by atoms with Gasteiger partial charge in [0.15, 0.2) is 6.04 Å². The second-order valence-electron chi connectivity index (χ2n) is 8.41. The molecule has 23 heavy (non-hydrogen) atoms. The fourth-order valence-corrected chi connectivity index (χ4v) is 2.88. The summed E-state index contributed by atoms with van der Waals surface area (Å²) in [6.45, 7) is 13.2. The number of quaternary nitrogens is 1. The van der Waals surface area contributed by atoms with Gasteiger partial charge in [0.2, 0.25) is 0 Å². The van der Waals surface area contributed by atoms with E-state index in [0.717, 1.165) is 12.8 Å². The van der Waals surface area contributed by atoms with E-state index in [1.165, 1.54) is 11.1 Å². The second kappa shape index (κ2) is 7.04. The lowest BCUT2D eigenvalue weighted by Crippen LogP contribution is -2.93. The zero-order chi connectivity index (χ0) is 17.2. The smallest absolute Gasteiger partial charge is 0.278 e. The molecule has 1 aromatic rings. The van der Waals surface area contributed by atoms with E-state index in [1.54, 1.807) is 0 Å². The molecule has 1 aliphatic carbocycles. The van der Waals surface area contributed by atoms with Crippen LogP contribution in [0.15, 0.2) is 24.3 Å². The largest absolute Gasteiger partial charge is 0.348 e. The van der Waals surface area contributed by atoms with Crippen LogP contribution in [0.1, 0.15) is 71.6 Å². The number of benzene rings is 1. The van der Waals surface area contributed by atoms with E-state index >= 15 is 0 Å². The van der Waals surface area contributed by atoms with Crippen LogP contribution in [0.5, 0.6) is 0 Å². The van der Waals surface area contributed by atoms with Gasteiger partial charge in [0.1, 0.15) is 6.04 Å². The van der Waals surface area contributed by atoms with Crippen LogP contribution < -0.4 is 10.6 Å². The monoisotopic (exact) mass is 317 g/mol. The van der Waals surface area contributed by atoms with Gasteiger partial charge in [-0.15, -0.1) is 0 Å². The van der Waals surface area contributed by atoms with Crippen molar-refractivity contribution in [3.63, 3.8) is 0 Å². The number of amides is 1. The maximum Gasteiger partial charge on any atom is 0.278 e. The lowest BCUT2D eigenvalue weighted by molar-refractivity contribution is -0.719. The summed E-state index contributed by atoms with van der Waals surface area (Å²) in [7, 11) is 0. The van der Waals surface area contributed by atoms with Gasteiger partial charge < -0.3 is 10.6 Å². The Morgan fingerprint density at radius 1 is 1.13 bits per heavy atom. The highest BCUT2D eigenvalue weighted by Crippen LogP contribution is 2.25. The van der Waals surface area contributed by atoms with Crippen molar-refractivity contribution in [3.8, 4) is 0 Å². The molecule has 2 rings (SSSR count). The number of hydrogen-bond donors (Lipinski definition) is 2. The lowest BCUT2D eigenvalue weighted by atomic mass is 9.85. The van der Waals surface area contributed by atoms with Crippen molar-refractivity contribution in [1.29, 1.82) is 0 Å². The van der Waals surface area contributed by atoms with Gasteiger partial charge in [-0.1, -0.05) is 58.9 Å². The summed E-state index contributed by atoms with van der Waals surface area (Å²) < 4.78 is 0. The van der Waals surface area contributed by atoms with Gasteiger partial charge >= 0.3 is 0 Å². The molecule has 3 nitrogen and oxygen atoms in total. The first-order chi connectivity index (χ1) is 10.7. The molecule has 1 aromatic carbocycles. The van der Waals surface area contributed by atoms with Crippen molar-refractivity contribution in [2.75, 3.05) is 0 Å². The average molecular weight is 317 g/mol. The fraction of sp³-hybridized carbons (Fsp3) is 0.650. The summed E-state index contributed by atoms with van der Waals surface area (Å²) in [5.41, 5.74) is 2.83. The van der Waals surface area contributed by atoms with E-state index in [9.17, 15) is 4.79 Å².